The van der Waals surface area contributed by atoms with Gasteiger partial charge in [-0.15, -0.1) is 11.3 Å². The van der Waals surface area contributed by atoms with E-state index in [1.807, 2.05) is 36.6 Å². The third-order valence-corrected chi connectivity index (χ3v) is 7.19. The van der Waals surface area contributed by atoms with Crippen LogP contribution in [0.1, 0.15) is 66.1 Å². The van der Waals surface area contributed by atoms with E-state index in [1.54, 1.807) is 24.3 Å². The molecule has 1 aromatic carbocycles. The van der Waals surface area contributed by atoms with Gasteiger partial charge in [0.05, 0.1) is 17.7 Å². The van der Waals surface area contributed by atoms with Gasteiger partial charge in [-0.05, 0) is 54.5 Å². The van der Waals surface area contributed by atoms with Crippen molar-refractivity contribution in [2.45, 2.75) is 57.5 Å². The predicted molar refractivity (Wildman–Crippen MR) is 136 cm³/mol. The maximum absolute atomic E-state index is 13.7. The number of thiophene rings is 1. The number of benzene rings is 1. The first-order valence-corrected chi connectivity index (χ1v) is 13.0. The van der Waals surface area contributed by atoms with Crippen molar-refractivity contribution in [1.82, 2.24) is 10.6 Å². The molecule has 0 radical (unpaired) electrons. The van der Waals surface area contributed by atoms with Crippen molar-refractivity contribution in [3.05, 3.63) is 76.4 Å². The summed E-state index contributed by atoms with van der Waals surface area (Å²) in [4.78, 5) is 41.9. The fourth-order valence-electron chi connectivity index (χ4n) is 4.55. The molecule has 0 saturated heterocycles. The molecule has 1 aliphatic rings. The highest BCUT2D eigenvalue weighted by Gasteiger charge is 2.36. The molecule has 0 aliphatic heterocycles. The average molecular weight is 494 g/mol. The number of aryl methyl sites for hydroxylation is 1. The van der Waals surface area contributed by atoms with Gasteiger partial charge >= 0.3 is 0 Å². The van der Waals surface area contributed by atoms with Crippen molar-refractivity contribution in [2.75, 3.05) is 11.4 Å². The molecule has 3 aromatic rings. The van der Waals surface area contributed by atoms with E-state index in [2.05, 4.69) is 10.6 Å². The first-order valence-electron chi connectivity index (χ1n) is 12.1. The molecular formula is C27H31N3O4S. The Morgan fingerprint density at radius 3 is 2.54 bits per heavy atom. The van der Waals surface area contributed by atoms with E-state index in [0.717, 1.165) is 31.2 Å². The lowest BCUT2D eigenvalue weighted by atomic mass is 9.95. The molecule has 2 N–H and O–H groups in total. The van der Waals surface area contributed by atoms with Crippen LogP contribution in [0.15, 0.2) is 64.6 Å². The maximum Gasteiger partial charge on any atom is 0.261 e. The minimum absolute atomic E-state index is 0.0746. The molecule has 1 atom stereocenters. The number of carbonyl (C=O) groups excluding carboxylic acids is 3. The molecule has 184 valence electrons. The molecule has 2 heterocycles. The Bertz CT molecular complexity index is 1120. The average Bonchev–Trinajstić information content (AvgIpc) is 3.61. The first-order chi connectivity index (χ1) is 17.1. The number of hydrogen-bond donors (Lipinski definition) is 2. The van der Waals surface area contributed by atoms with Gasteiger partial charge in [0, 0.05) is 11.7 Å². The van der Waals surface area contributed by atoms with Gasteiger partial charge < -0.3 is 15.1 Å². The third-order valence-electron chi connectivity index (χ3n) is 6.32. The number of anilines is 1. The number of nitrogens with zero attached hydrogens (tertiary/aromatic N) is 1. The lowest BCUT2D eigenvalue weighted by Crippen LogP contribution is -2.49. The quantitative estimate of drug-likeness (QED) is 0.445. The largest absolute Gasteiger partial charge is 0.467 e. The number of nitrogens with one attached hydrogen (secondary N) is 2. The van der Waals surface area contributed by atoms with Gasteiger partial charge in [-0.25, -0.2) is 0 Å². The summed E-state index contributed by atoms with van der Waals surface area (Å²) >= 11 is 1.31. The molecule has 1 fully saturated rings. The van der Waals surface area contributed by atoms with Crippen LogP contribution in [0.25, 0.3) is 0 Å². The summed E-state index contributed by atoms with van der Waals surface area (Å²) in [6, 6.07) is 13.5. The zero-order valence-electron chi connectivity index (χ0n) is 19.9. The second-order valence-corrected chi connectivity index (χ2v) is 9.62. The molecule has 7 nitrogen and oxygen atoms in total. The van der Waals surface area contributed by atoms with E-state index in [4.69, 9.17) is 4.42 Å². The second-order valence-electron chi connectivity index (χ2n) is 8.67. The highest BCUT2D eigenvalue weighted by Crippen LogP contribution is 2.32. The summed E-state index contributed by atoms with van der Waals surface area (Å²) in [5, 5.41) is 7.68. The number of amides is 3. The fraction of sp³-hybridized carbons (Fsp3) is 0.370. The van der Waals surface area contributed by atoms with E-state index in [9.17, 15) is 14.4 Å². The van der Waals surface area contributed by atoms with Crippen LogP contribution in [-0.4, -0.2) is 30.3 Å². The molecule has 1 aliphatic carbocycles. The summed E-state index contributed by atoms with van der Waals surface area (Å²) in [5.74, 6) is -0.618. The summed E-state index contributed by atoms with van der Waals surface area (Å²) < 4.78 is 5.68. The monoisotopic (exact) mass is 493 g/mol. The Morgan fingerprint density at radius 1 is 1.06 bits per heavy atom. The Kier molecular flexibility index (Phi) is 8.36. The van der Waals surface area contributed by atoms with Crippen LogP contribution in [0.5, 0.6) is 0 Å². The van der Waals surface area contributed by atoms with Crippen molar-refractivity contribution in [3.8, 4) is 0 Å². The summed E-state index contributed by atoms with van der Waals surface area (Å²) in [5.41, 5.74) is 1.55. The van der Waals surface area contributed by atoms with Gasteiger partial charge in [0.1, 0.15) is 5.76 Å². The Hall–Kier alpha value is -3.39. The lowest BCUT2D eigenvalue weighted by Gasteiger charge is -2.33. The van der Waals surface area contributed by atoms with Crippen LogP contribution in [0.4, 0.5) is 5.69 Å². The number of rotatable bonds is 9. The van der Waals surface area contributed by atoms with Gasteiger partial charge in [-0.3, -0.25) is 19.3 Å². The normalized spacial score (nSPS) is 14.8. The molecule has 0 bridgehead atoms. The van der Waals surface area contributed by atoms with E-state index in [-0.39, 0.29) is 24.4 Å². The summed E-state index contributed by atoms with van der Waals surface area (Å²) in [7, 11) is 0. The molecule has 3 amide bonds. The Balaban J connectivity index is 1.66. The van der Waals surface area contributed by atoms with Crippen LogP contribution in [-0.2, 0) is 16.0 Å². The van der Waals surface area contributed by atoms with Gasteiger partial charge in [-0.2, -0.15) is 0 Å². The van der Waals surface area contributed by atoms with E-state index >= 15 is 0 Å². The minimum Gasteiger partial charge on any atom is -0.467 e. The molecule has 1 saturated carbocycles. The highest BCUT2D eigenvalue weighted by molar-refractivity contribution is 7.12. The lowest BCUT2D eigenvalue weighted by molar-refractivity contribution is -0.127. The predicted octanol–water partition coefficient (Wildman–Crippen LogP) is 4.86. The van der Waals surface area contributed by atoms with E-state index in [1.165, 1.54) is 28.9 Å². The van der Waals surface area contributed by atoms with E-state index in [0.29, 0.717) is 22.7 Å². The van der Waals surface area contributed by atoms with Crippen molar-refractivity contribution in [2.24, 2.45) is 0 Å². The number of para-hydroxylation sites is 1. The Morgan fingerprint density at radius 2 is 1.86 bits per heavy atom. The molecule has 0 unspecified atom stereocenters. The fourth-order valence-corrected chi connectivity index (χ4v) is 5.19. The minimum atomic E-state index is -0.995. The van der Waals surface area contributed by atoms with Crippen molar-refractivity contribution in [1.29, 1.82) is 0 Å². The SMILES string of the molecule is CCc1ccccc1N(C(=O)CNC(=O)c1cccs1)[C@H](C(=O)NC1CCCCC1)c1ccco1. The summed E-state index contributed by atoms with van der Waals surface area (Å²) in [6.07, 6.45) is 7.35. The van der Waals surface area contributed by atoms with Crippen molar-refractivity contribution in [3.63, 3.8) is 0 Å². The van der Waals surface area contributed by atoms with Gasteiger partial charge in [0.25, 0.3) is 11.8 Å². The highest BCUT2D eigenvalue weighted by atomic mass is 32.1. The van der Waals surface area contributed by atoms with Crippen LogP contribution >= 0.6 is 11.3 Å². The number of carbonyl (C=O) groups is 3. The molecule has 0 spiro atoms. The van der Waals surface area contributed by atoms with Crippen LogP contribution < -0.4 is 15.5 Å². The zero-order valence-corrected chi connectivity index (χ0v) is 20.7. The topological polar surface area (TPSA) is 91.7 Å². The molecule has 35 heavy (non-hydrogen) atoms. The van der Waals surface area contributed by atoms with Gasteiger partial charge in [-0.1, -0.05) is 50.5 Å². The van der Waals surface area contributed by atoms with Crippen LogP contribution in [0.2, 0.25) is 0 Å². The zero-order chi connectivity index (χ0) is 24.6. The molecule has 8 heteroatoms. The standard InChI is InChI=1S/C27H31N3O4S/c1-2-19-10-6-7-13-21(19)30(24(31)18-28-26(32)23-15-9-17-35-23)25(22-14-8-16-34-22)27(33)29-20-11-4-3-5-12-20/h6-10,13-17,20,25H,2-5,11-12,18H2,1H3,(H,28,32)(H,29,33)/t25-/m0/s1. The number of furan rings is 1. The van der Waals surface area contributed by atoms with Gasteiger partial charge in [0.15, 0.2) is 6.04 Å². The van der Waals surface area contributed by atoms with Crippen molar-refractivity contribution >= 4 is 34.7 Å². The molecular weight excluding hydrogens is 462 g/mol. The second kappa shape index (κ2) is 11.8. The van der Waals surface area contributed by atoms with Crippen molar-refractivity contribution < 1.29 is 18.8 Å². The summed E-state index contributed by atoms with van der Waals surface area (Å²) in [6.45, 7) is 1.76. The maximum atomic E-state index is 13.7. The van der Waals surface area contributed by atoms with Crippen LogP contribution in [0, 0.1) is 0 Å². The number of hydrogen-bond acceptors (Lipinski definition) is 5. The Labute approximate surface area is 209 Å². The van der Waals surface area contributed by atoms with Crippen LogP contribution in [0.3, 0.4) is 0 Å². The third kappa shape index (κ3) is 6.00. The smallest absolute Gasteiger partial charge is 0.261 e. The first kappa shape index (κ1) is 24.7. The van der Waals surface area contributed by atoms with E-state index < -0.39 is 11.9 Å². The molecule has 4 rings (SSSR count). The molecule has 2 aromatic heterocycles. The van der Waals surface area contributed by atoms with Gasteiger partial charge in [0.2, 0.25) is 5.91 Å².